The summed E-state index contributed by atoms with van der Waals surface area (Å²) in [5, 5.41) is 22.9. The number of fused-ring (bicyclic) bond motifs is 1. The van der Waals surface area contributed by atoms with Crippen LogP contribution in [0.15, 0.2) is 78.0 Å². The molecule has 1 aliphatic heterocycles. The van der Waals surface area contributed by atoms with Gasteiger partial charge in [-0.3, -0.25) is 14.5 Å². The van der Waals surface area contributed by atoms with Crippen molar-refractivity contribution in [2.45, 2.75) is 24.9 Å². The lowest BCUT2D eigenvalue weighted by Crippen LogP contribution is -2.38. The molecule has 0 radical (unpaired) electrons. The summed E-state index contributed by atoms with van der Waals surface area (Å²) in [7, 11) is 0. The van der Waals surface area contributed by atoms with Gasteiger partial charge in [-0.1, -0.05) is 65.3 Å². The molecule has 0 bridgehead atoms. The second-order valence-corrected chi connectivity index (χ2v) is 8.93. The molecule has 3 aromatic rings. The summed E-state index contributed by atoms with van der Waals surface area (Å²) in [6.07, 6.45) is -1.26. The van der Waals surface area contributed by atoms with Gasteiger partial charge in [0.25, 0.3) is 11.8 Å². The number of rotatable bonds is 9. The molecule has 0 aromatic heterocycles. The normalized spacial score (nSPS) is 15.1. The second kappa shape index (κ2) is 10.3. The summed E-state index contributed by atoms with van der Waals surface area (Å²) in [6, 6.07) is 20.2. The van der Waals surface area contributed by atoms with Gasteiger partial charge in [0, 0.05) is 18.0 Å². The summed E-state index contributed by atoms with van der Waals surface area (Å²) in [5.74, 6) is -2.70. The van der Waals surface area contributed by atoms with Crippen LogP contribution in [0.25, 0.3) is 11.1 Å². The first-order valence-electron chi connectivity index (χ1n) is 11.2. The Labute approximate surface area is 211 Å². The van der Waals surface area contributed by atoms with E-state index < -0.39 is 36.3 Å². The molecule has 184 valence electrons. The van der Waals surface area contributed by atoms with Crippen LogP contribution >= 0.6 is 11.6 Å². The lowest BCUT2D eigenvalue weighted by molar-refractivity contribution is -0.151. The largest absolute Gasteiger partial charge is 0.479 e. The van der Waals surface area contributed by atoms with Gasteiger partial charge in [0.15, 0.2) is 0 Å². The van der Waals surface area contributed by atoms with Crippen molar-refractivity contribution < 1.29 is 29.1 Å². The molecule has 4 rings (SSSR count). The van der Waals surface area contributed by atoms with E-state index in [0.29, 0.717) is 10.6 Å². The van der Waals surface area contributed by atoms with Gasteiger partial charge in [-0.15, -0.1) is 0 Å². The van der Waals surface area contributed by atoms with Crippen molar-refractivity contribution in [2.75, 3.05) is 6.54 Å². The zero-order valence-electron chi connectivity index (χ0n) is 19.0. The number of carbonyl (C=O) groups is 3. The molecule has 1 unspecified atom stereocenters. The number of carbonyl (C=O) groups excluding carboxylic acids is 2. The number of hydrogen-bond acceptors (Lipinski definition) is 5. The first-order chi connectivity index (χ1) is 17.2. The zero-order chi connectivity index (χ0) is 25.9. The highest BCUT2D eigenvalue weighted by atomic mass is 35.5. The fourth-order valence-electron chi connectivity index (χ4n) is 4.19. The van der Waals surface area contributed by atoms with Crippen LogP contribution in [0.3, 0.4) is 0 Å². The molecule has 1 heterocycles. The van der Waals surface area contributed by atoms with Crippen LogP contribution in [-0.2, 0) is 4.79 Å². The van der Waals surface area contributed by atoms with Crippen LogP contribution in [0.5, 0.6) is 0 Å². The SMILES string of the molecule is O=C1c2ccccc2C(=O)N1CCCC(F)(C/C(=N\O)c1ccc(-c2ccc(Cl)cc2)cc1)C(=O)O. The molecule has 7 nitrogen and oxygen atoms in total. The summed E-state index contributed by atoms with van der Waals surface area (Å²) in [4.78, 5) is 37.8. The fraction of sp³-hybridized carbons (Fsp3) is 0.185. The number of nitrogens with zero attached hydrogens (tertiary/aromatic N) is 2. The minimum absolute atomic E-state index is 0.0809. The van der Waals surface area contributed by atoms with E-state index in [2.05, 4.69) is 5.16 Å². The highest BCUT2D eigenvalue weighted by molar-refractivity contribution is 6.30. The number of carboxylic acid groups (broad SMARTS) is 1. The minimum atomic E-state index is -2.77. The summed E-state index contributed by atoms with van der Waals surface area (Å²) in [6.45, 7) is -0.132. The Bertz CT molecular complexity index is 1310. The van der Waals surface area contributed by atoms with Crippen LogP contribution in [0.1, 0.15) is 45.5 Å². The zero-order valence-corrected chi connectivity index (χ0v) is 19.8. The van der Waals surface area contributed by atoms with Gasteiger partial charge in [0.1, 0.15) is 0 Å². The monoisotopic (exact) mass is 508 g/mol. The average Bonchev–Trinajstić information content (AvgIpc) is 3.13. The summed E-state index contributed by atoms with van der Waals surface area (Å²) >= 11 is 5.92. The van der Waals surface area contributed by atoms with E-state index in [0.717, 1.165) is 16.0 Å². The summed E-state index contributed by atoms with van der Waals surface area (Å²) in [5.41, 5.74) is -0.268. The van der Waals surface area contributed by atoms with Gasteiger partial charge in [-0.05, 0) is 53.8 Å². The maximum atomic E-state index is 15.6. The van der Waals surface area contributed by atoms with E-state index in [1.165, 1.54) is 12.1 Å². The molecule has 36 heavy (non-hydrogen) atoms. The Morgan fingerprint density at radius 2 is 1.44 bits per heavy atom. The highest BCUT2D eigenvalue weighted by Gasteiger charge is 2.41. The van der Waals surface area contributed by atoms with Crippen molar-refractivity contribution in [1.82, 2.24) is 4.90 Å². The van der Waals surface area contributed by atoms with Crippen molar-refractivity contribution >= 4 is 35.1 Å². The molecule has 0 spiro atoms. The quantitative estimate of drug-likeness (QED) is 0.173. The molecule has 0 saturated heterocycles. The topological polar surface area (TPSA) is 107 Å². The third kappa shape index (κ3) is 4.99. The van der Waals surface area contributed by atoms with Crippen molar-refractivity contribution in [3.63, 3.8) is 0 Å². The maximum absolute atomic E-state index is 15.6. The number of halogens is 2. The Hall–Kier alpha value is -4.04. The third-order valence-electron chi connectivity index (χ3n) is 6.18. The number of carboxylic acids is 1. The first-order valence-corrected chi connectivity index (χ1v) is 11.6. The second-order valence-electron chi connectivity index (χ2n) is 8.49. The lowest BCUT2D eigenvalue weighted by atomic mass is 9.90. The molecular formula is C27H22ClFN2O5. The Balaban J connectivity index is 1.43. The van der Waals surface area contributed by atoms with Crippen molar-refractivity contribution in [2.24, 2.45) is 5.16 Å². The van der Waals surface area contributed by atoms with E-state index >= 15 is 4.39 Å². The number of oxime groups is 1. The van der Waals surface area contributed by atoms with E-state index in [1.54, 1.807) is 48.5 Å². The average molecular weight is 509 g/mol. The first kappa shape index (κ1) is 25.1. The smallest absolute Gasteiger partial charge is 0.341 e. The van der Waals surface area contributed by atoms with Crippen molar-refractivity contribution in [3.05, 3.63) is 94.5 Å². The predicted octanol–water partition coefficient (Wildman–Crippen LogP) is 5.44. The third-order valence-corrected chi connectivity index (χ3v) is 6.43. The van der Waals surface area contributed by atoms with Gasteiger partial charge >= 0.3 is 5.97 Å². The summed E-state index contributed by atoms with van der Waals surface area (Å²) < 4.78 is 15.6. The molecule has 3 aromatic carbocycles. The standard InChI is InChI=1S/C27H22ClFN2O5/c28-20-12-10-18(11-13-20)17-6-8-19(9-7-17)23(30-36)16-27(29,26(34)35)14-3-15-31-24(32)21-4-1-2-5-22(21)25(31)33/h1-2,4-13,36H,3,14-16H2,(H,34,35)/b30-23+. The molecule has 2 amide bonds. The van der Waals surface area contributed by atoms with Gasteiger partial charge in [0.2, 0.25) is 5.67 Å². The number of alkyl halides is 1. The van der Waals surface area contributed by atoms with E-state index in [4.69, 9.17) is 11.6 Å². The van der Waals surface area contributed by atoms with Gasteiger partial charge in [0.05, 0.1) is 16.8 Å². The maximum Gasteiger partial charge on any atom is 0.341 e. The highest BCUT2D eigenvalue weighted by Crippen LogP contribution is 2.29. The molecular weight excluding hydrogens is 487 g/mol. The van der Waals surface area contributed by atoms with E-state index in [9.17, 15) is 24.7 Å². The van der Waals surface area contributed by atoms with Crippen LogP contribution in [0.2, 0.25) is 5.02 Å². The number of amides is 2. The van der Waals surface area contributed by atoms with E-state index in [1.807, 2.05) is 12.1 Å². The minimum Gasteiger partial charge on any atom is -0.479 e. The van der Waals surface area contributed by atoms with Crippen LogP contribution < -0.4 is 0 Å². The van der Waals surface area contributed by atoms with E-state index in [-0.39, 0.29) is 29.8 Å². The number of hydrogen-bond donors (Lipinski definition) is 2. The molecule has 0 aliphatic carbocycles. The number of imide groups is 1. The van der Waals surface area contributed by atoms with Crippen LogP contribution in [0.4, 0.5) is 4.39 Å². The Kier molecular flexibility index (Phi) is 7.17. The molecule has 2 N–H and O–H groups in total. The molecule has 1 aliphatic rings. The predicted molar refractivity (Wildman–Crippen MR) is 132 cm³/mol. The van der Waals surface area contributed by atoms with Crippen molar-refractivity contribution in [1.29, 1.82) is 0 Å². The Morgan fingerprint density at radius 3 is 1.94 bits per heavy atom. The van der Waals surface area contributed by atoms with Gasteiger partial charge in [-0.2, -0.15) is 0 Å². The number of benzene rings is 3. The fourth-order valence-corrected chi connectivity index (χ4v) is 4.31. The van der Waals surface area contributed by atoms with Crippen molar-refractivity contribution in [3.8, 4) is 11.1 Å². The number of aliphatic carboxylic acids is 1. The molecule has 0 saturated carbocycles. The molecule has 0 fully saturated rings. The van der Waals surface area contributed by atoms with Gasteiger partial charge in [-0.25, -0.2) is 9.18 Å². The molecule has 9 heteroatoms. The van der Waals surface area contributed by atoms with Crippen LogP contribution in [0, 0.1) is 0 Å². The lowest BCUT2D eigenvalue weighted by Gasteiger charge is -2.22. The molecule has 1 atom stereocenters. The Morgan fingerprint density at radius 1 is 0.917 bits per heavy atom. The van der Waals surface area contributed by atoms with Crippen LogP contribution in [-0.4, -0.2) is 50.9 Å². The van der Waals surface area contributed by atoms with Gasteiger partial charge < -0.3 is 10.3 Å².